The first-order valence-corrected chi connectivity index (χ1v) is 7.19. The Morgan fingerprint density at radius 2 is 2.28 bits per heavy atom. The van der Waals surface area contributed by atoms with Gasteiger partial charge < -0.3 is 0 Å². The van der Waals surface area contributed by atoms with Crippen LogP contribution in [0, 0.1) is 0 Å². The SMILES string of the molecule is CSN/N=C1/CC[C@H](Cc2ccccc2)N1C=O. The number of nitrogens with one attached hydrogen (secondary N) is 1. The zero-order chi connectivity index (χ0) is 12.8. The lowest BCUT2D eigenvalue weighted by Crippen LogP contribution is -2.33. The molecule has 1 atom stereocenters. The van der Waals surface area contributed by atoms with E-state index in [-0.39, 0.29) is 6.04 Å². The maximum Gasteiger partial charge on any atom is 0.215 e. The molecule has 0 spiro atoms. The van der Waals surface area contributed by atoms with Gasteiger partial charge in [0, 0.05) is 18.7 Å². The number of rotatable bonds is 5. The zero-order valence-electron chi connectivity index (χ0n) is 10.4. The minimum Gasteiger partial charge on any atom is -0.298 e. The number of hydrazone groups is 1. The number of carbonyl (C=O) groups excluding carboxylic acids is 1. The molecule has 0 bridgehead atoms. The normalized spacial score (nSPS) is 21.3. The van der Waals surface area contributed by atoms with Gasteiger partial charge in [-0.2, -0.15) is 5.10 Å². The van der Waals surface area contributed by atoms with Gasteiger partial charge in [-0.3, -0.25) is 14.5 Å². The number of nitrogens with zero attached hydrogens (tertiary/aromatic N) is 2. The molecule has 96 valence electrons. The molecule has 1 aromatic rings. The minimum atomic E-state index is 0.229. The fraction of sp³-hybridized carbons (Fsp3) is 0.385. The predicted octanol–water partition coefficient (Wildman–Crippen LogP) is 2.03. The van der Waals surface area contributed by atoms with E-state index in [1.807, 2.05) is 24.5 Å². The number of carbonyl (C=O) groups is 1. The summed E-state index contributed by atoms with van der Waals surface area (Å²) in [6.07, 6.45) is 5.51. The van der Waals surface area contributed by atoms with Crippen LogP contribution in [0.5, 0.6) is 0 Å². The molecule has 1 fully saturated rings. The van der Waals surface area contributed by atoms with Gasteiger partial charge in [-0.1, -0.05) is 30.3 Å². The van der Waals surface area contributed by atoms with Crippen LogP contribution < -0.4 is 4.83 Å². The molecule has 0 saturated carbocycles. The Labute approximate surface area is 112 Å². The third-order valence-corrected chi connectivity index (χ3v) is 3.36. The number of hydrogen-bond acceptors (Lipinski definition) is 4. The quantitative estimate of drug-likeness (QED) is 0.502. The second-order valence-electron chi connectivity index (χ2n) is 4.22. The summed E-state index contributed by atoms with van der Waals surface area (Å²) in [6, 6.07) is 10.5. The van der Waals surface area contributed by atoms with E-state index in [1.54, 1.807) is 4.90 Å². The van der Waals surface area contributed by atoms with Crippen LogP contribution in [0.2, 0.25) is 0 Å². The second-order valence-corrected chi connectivity index (χ2v) is 4.81. The Bertz CT molecular complexity index is 422. The average molecular weight is 263 g/mol. The van der Waals surface area contributed by atoms with Crippen molar-refractivity contribution < 1.29 is 4.79 Å². The van der Waals surface area contributed by atoms with Crippen molar-refractivity contribution >= 4 is 24.2 Å². The maximum absolute atomic E-state index is 11.2. The van der Waals surface area contributed by atoms with Crippen molar-refractivity contribution in [2.75, 3.05) is 6.26 Å². The molecule has 1 aliphatic rings. The van der Waals surface area contributed by atoms with Gasteiger partial charge in [0.2, 0.25) is 6.41 Å². The van der Waals surface area contributed by atoms with Crippen molar-refractivity contribution in [3.8, 4) is 0 Å². The third-order valence-electron chi connectivity index (χ3n) is 3.09. The van der Waals surface area contributed by atoms with Gasteiger partial charge in [-0.15, -0.1) is 0 Å². The summed E-state index contributed by atoms with van der Waals surface area (Å²) >= 11 is 1.43. The Kier molecular flexibility index (Phi) is 4.64. The van der Waals surface area contributed by atoms with Crippen LogP contribution in [0.15, 0.2) is 35.4 Å². The van der Waals surface area contributed by atoms with E-state index >= 15 is 0 Å². The van der Waals surface area contributed by atoms with Crippen LogP contribution in [0.25, 0.3) is 0 Å². The molecule has 1 heterocycles. The van der Waals surface area contributed by atoms with Gasteiger partial charge in [-0.25, -0.2) is 0 Å². The largest absolute Gasteiger partial charge is 0.298 e. The van der Waals surface area contributed by atoms with Crippen molar-refractivity contribution in [3.63, 3.8) is 0 Å². The van der Waals surface area contributed by atoms with Crippen LogP contribution in [-0.2, 0) is 11.2 Å². The first-order chi connectivity index (χ1) is 8.85. The minimum absolute atomic E-state index is 0.229. The van der Waals surface area contributed by atoms with Crippen molar-refractivity contribution in [1.29, 1.82) is 0 Å². The summed E-state index contributed by atoms with van der Waals surface area (Å²) in [5.41, 5.74) is 1.26. The first kappa shape index (κ1) is 13.0. The summed E-state index contributed by atoms with van der Waals surface area (Å²) in [7, 11) is 0. The van der Waals surface area contributed by atoms with Crippen LogP contribution in [0.4, 0.5) is 0 Å². The van der Waals surface area contributed by atoms with Crippen molar-refractivity contribution in [2.45, 2.75) is 25.3 Å². The number of likely N-dealkylation sites (tertiary alicyclic amines) is 1. The molecule has 1 aliphatic heterocycles. The Morgan fingerprint density at radius 1 is 1.50 bits per heavy atom. The zero-order valence-corrected chi connectivity index (χ0v) is 11.2. The molecule has 1 amide bonds. The molecule has 1 saturated heterocycles. The van der Waals surface area contributed by atoms with E-state index in [4.69, 9.17) is 0 Å². The fourth-order valence-corrected chi connectivity index (χ4v) is 2.42. The summed E-state index contributed by atoms with van der Waals surface area (Å²) < 4.78 is 0. The van der Waals surface area contributed by atoms with Crippen molar-refractivity contribution in [1.82, 2.24) is 9.73 Å². The summed E-state index contributed by atoms with van der Waals surface area (Å²) in [4.78, 5) is 15.8. The van der Waals surface area contributed by atoms with Gasteiger partial charge >= 0.3 is 0 Å². The van der Waals surface area contributed by atoms with Gasteiger partial charge in [0.15, 0.2) is 0 Å². The molecular weight excluding hydrogens is 246 g/mol. The monoisotopic (exact) mass is 263 g/mol. The highest BCUT2D eigenvalue weighted by molar-refractivity contribution is 7.96. The van der Waals surface area contributed by atoms with Crippen LogP contribution >= 0.6 is 11.9 Å². The second kappa shape index (κ2) is 6.44. The lowest BCUT2D eigenvalue weighted by atomic mass is 10.0. The highest BCUT2D eigenvalue weighted by Gasteiger charge is 2.29. The Hall–Kier alpha value is -1.49. The smallest absolute Gasteiger partial charge is 0.215 e. The molecule has 0 aliphatic carbocycles. The van der Waals surface area contributed by atoms with Gasteiger partial charge in [0.05, 0.1) is 0 Å². The Balaban J connectivity index is 2.04. The number of benzene rings is 1. The van der Waals surface area contributed by atoms with E-state index in [0.29, 0.717) is 0 Å². The predicted molar refractivity (Wildman–Crippen MR) is 75.2 cm³/mol. The molecule has 1 N–H and O–H groups in total. The molecular formula is C13H17N3OS. The summed E-state index contributed by atoms with van der Waals surface area (Å²) in [5.74, 6) is 0.834. The highest BCUT2D eigenvalue weighted by Crippen LogP contribution is 2.21. The number of amidine groups is 1. The van der Waals surface area contributed by atoms with Crippen molar-refractivity contribution in [2.24, 2.45) is 5.10 Å². The summed E-state index contributed by atoms with van der Waals surface area (Å²) in [5, 5.41) is 4.21. The van der Waals surface area contributed by atoms with E-state index < -0.39 is 0 Å². The van der Waals surface area contributed by atoms with Gasteiger partial charge in [-0.05, 0) is 30.4 Å². The van der Waals surface area contributed by atoms with E-state index in [9.17, 15) is 4.79 Å². The van der Waals surface area contributed by atoms with Gasteiger partial charge in [0.25, 0.3) is 0 Å². The van der Waals surface area contributed by atoms with Crippen molar-refractivity contribution in [3.05, 3.63) is 35.9 Å². The topological polar surface area (TPSA) is 44.7 Å². The Morgan fingerprint density at radius 3 is 2.94 bits per heavy atom. The highest BCUT2D eigenvalue weighted by atomic mass is 32.2. The molecule has 5 heteroatoms. The van der Waals surface area contributed by atoms with Crippen LogP contribution in [-0.4, -0.2) is 29.4 Å². The number of hydrogen-bond donors (Lipinski definition) is 1. The molecule has 2 rings (SSSR count). The lowest BCUT2D eigenvalue weighted by molar-refractivity contribution is -0.115. The standard InChI is InChI=1S/C13H17N3OS/c1-18-15-14-13-8-7-12(16(13)10-17)9-11-5-3-2-4-6-11/h2-6,10,12,15H,7-9H2,1H3/b14-13-/t12-/m1/s1. The van der Waals surface area contributed by atoms with Gasteiger partial charge in [0.1, 0.15) is 5.84 Å². The first-order valence-electron chi connectivity index (χ1n) is 5.97. The lowest BCUT2D eigenvalue weighted by Gasteiger charge is -2.20. The maximum atomic E-state index is 11.2. The molecule has 4 nitrogen and oxygen atoms in total. The summed E-state index contributed by atoms with van der Waals surface area (Å²) in [6.45, 7) is 0. The van der Waals surface area contributed by atoms with E-state index in [1.165, 1.54) is 17.5 Å². The molecule has 0 radical (unpaired) electrons. The average Bonchev–Trinajstić information content (AvgIpc) is 2.79. The van der Waals surface area contributed by atoms with Crippen LogP contribution in [0.1, 0.15) is 18.4 Å². The van der Waals surface area contributed by atoms with E-state index in [0.717, 1.165) is 31.5 Å². The third kappa shape index (κ3) is 3.04. The number of amides is 1. The van der Waals surface area contributed by atoms with E-state index in [2.05, 4.69) is 22.1 Å². The fourth-order valence-electron chi connectivity index (χ4n) is 2.22. The molecule has 0 aromatic heterocycles. The van der Waals surface area contributed by atoms with Crippen LogP contribution in [0.3, 0.4) is 0 Å². The molecule has 0 unspecified atom stereocenters. The molecule has 1 aromatic carbocycles. The molecule has 18 heavy (non-hydrogen) atoms.